The van der Waals surface area contributed by atoms with E-state index in [1.165, 1.54) is 24.3 Å². The average molecular weight is 994 g/mol. The summed E-state index contributed by atoms with van der Waals surface area (Å²) in [6.45, 7) is 0.558. The van der Waals surface area contributed by atoms with Crippen molar-refractivity contribution < 1.29 is 95.0 Å². The van der Waals surface area contributed by atoms with Crippen molar-refractivity contribution in [3.05, 3.63) is 179 Å². The summed E-state index contributed by atoms with van der Waals surface area (Å²) in [6, 6.07) is 40.1. The van der Waals surface area contributed by atoms with E-state index in [9.17, 15) is 59.1 Å². The SMILES string of the molecule is NCOc1ccc(C(=O)c2ccccc2)c(O)c1.O=C(O)CCCC(=O)O.O=C([O-])CCCC(=O)[O-].[NH3+]COc1ccc(C(=O)c2ccccc2)c(O)c1.[NH3+]COc1ccc(C(=O)c2ccccc2)c(O)c1. The number of carboxylic acid groups (broad SMARTS) is 4. The first kappa shape index (κ1) is 59.0. The van der Waals surface area contributed by atoms with Crippen LogP contribution >= 0.6 is 0 Å². The summed E-state index contributed by atoms with van der Waals surface area (Å²) in [4.78, 5) is 75.2. The van der Waals surface area contributed by atoms with Gasteiger partial charge in [0.05, 0.1) is 16.7 Å². The molecule has 0 amide bonds. The molecule has 380 valence electrons. The molecule has 0 spiro atoms. The summed E-state index contributed by atoms with van der Waals surface area (Å²) < 4.78 is 15.3. The summed E-state index contributed by atoms with van der Waals surface area (Å²) in [5.41, 5.74) is 14.7. The number of carbonyl (C=O) groups is 7. The third kappa shape index (κ3) is 22.3. The minimum Gasteiger partial charge on any atom is -0.550 e. The fourth-order valence-corrected chi connectivity index (χ4v) is 5.71. The van der Waals surface area contributed by atoms with Gasteiger partial charge in [0.25, 0.3) is 0 Å². The lowest BCUT2D eigenvalue weighted by atomic mass is 10.0. The van der Waals surface area contributed by atoms with E-state index < -0.39 is 23.9 Å². The normalized spacial score (nSPS) is 9.76. The highest BCUT2D eigenvalue weighted by Gasteiger charge is 2.16. The van der Waals surface area contributed by atoms with Gasteiger partial charge in [0, 0.05) is 59.7 Å². The molecule has 0 aliphatic carbocycles. The molecule has 0 atom stereocenters. The van der Waals surface area contributed by atoms with Crippen molar-refractivity contribution in [3.8, 4) is 34.5 Å². The molecule has 20 nitrogen and oxygen atoms in total. The van der Waals surface area contributed by atoms with Crippen molar-refractivity contribution in [1.29, 1.82) is 0 Å². The maximum absolute atomic E-state index is 12.1. The number of ketones is 3. The van der Waals surface area contributed by atoms with Gasteiger partial charge >= 0.3 is 11.9 Å². The molecule has 20 heteroatoms. The molecule has 6 aromatic carbocycles. The Kier molecular flexibility index (Phi) is 26.7. The molecule has 6 rings (SSSR count). The zero-order chi connectivity index (χ0) is 53.4. The average Bonchev–Trinajstić information content (AvgIpc) is 3.35. The van der Waals surface area contributed by atoms with Gasteiger partial charge in [-0.3, -0.25) is 29.7 Å². The second-order valence-electron chi connectivity index (χ2n) is 14.4. The molecule has 0 saturated heterocycles. The second kappa shape index (κ2) is 32.6. The molecule has 72 heavy (non-hydrogen) atoms. The van der Waals surface area contributed by atoms with Crippen LogP contribution in [0.3, 0.4) is 0 Å². The van der Waals surface area contributed by atoms with Gasteiger partial charge in [0.2, 0.25) is 13.5 Å². The lowest BCUT2D eigenvalue weighted by Gasteiger charge is -2.07. The van der Waals surface area contributed by atoms with Crippen LogP contribution in [0.5, 0.6) is 34.5 Å². The standard InChI is InChI=1S/3C14H13NO3.2C5H8O4/c3*15-9-18-11-6-7-12(13(16)8-11)14(17)10-4-2-1-3-5-10;2*6-4(7)2-1-3-5(8)9/h3*1-8,16H,9,15H2;2*1-3H2,(H,6,7)(H,8,9). The third-order valence-electron chi connectivity index (χ3n) is 9.08. The number of phenolic OH excluding ortho intramolecular Hbond substituents is 3. The maximum atomic E-state index is 12.1. The van der Waals surface area contributed by atoms with Crippen LogP contribution in [0, 0.1) is 0 Å². The van der Waals surface area contributed by atoms with Crippen LogP contribution in [-0.2, 0) is 19.2 Å². The Balaban J connectivity index is 0.000000319. The van der Waals surface area contributed by atoms with Crippen LogP contribution in [0.1, 0.15) is 86.3 Å². The summed E-state index contributed by atoms with van der Waals surface area (Å²) in [7, 11) is 0. The van der Waals surface area contributed by atoms with Crippen molar-refractivity contribution in [1.82, 2.24) is 0 Å². The van der Waals surface area contributed by atoms with E-state index in [0.29, 0.717) is 33.9 Å². The van der Waals surface area contributed by atoms with Gasteiger partial charge in [-0.25, -0.2) is 0 Å². The highest BCUT2D eigenvalue weighted by atomic mass is 16.5. The summed E-state index contributed by atoms with van der Waals surface area (Å²) >= 11 is 0. The van der Waals surface area contributed by atoms with Gasteiger partial charge in [0.15, 0.2) is 17.3 Å². The number of carboxylic acids is 4. The van der Waals surface area contributed by atoms with E-state index in [2.05, 4.69) is 11.5 Å². The zero-order valence-electron chi connectivity index (χ0n) is 38.8. The number of phenols is 3. The largest absolute Gasteiger partial charge is 0.550 e. The highest BCUT2D eigenvalue weighted by molar-refractivity contribution is 6.12. The van der Waals surface area contributed by atoms with Crippen LogP contribution in [-0.4, -0.2) is 87.0 Å². The number of benzene rings is 6. The second-order valence-corrected chi connectivity index (χ2v) is 14.4. The Bertz CT molecular complexity index is 2380. The Hall–Kier alpha value is -9.11. The van der Waals surface area contributed by atoms with Gasteiger partial charge in [0.1, 0.15) is 41.2 Å². The monoisotopic (exact) mass is 993 g/mol. The Labute approximate surface area is 413 Å². The van der Waals surface area contributed by atoms with E-state index in [1.54, 1.807) is 103 Å². The fourth-order valence-electron chi connectivity index (χ4n) is 5.71. The van der Waals surface area contributed by atoms with Crippen LogP contribution in [0.2, 0.25) is 0 Å². The van der Waals surface area contributed by atoms with Crippen molar-refractivity contribution in [2.24, 2.45) is 5.73 Å². The number of aliphatic carboxylic acids is 4. The number of rotatable bonds is 20. The molecule has 0 fully saturated rings. The lowest BCUT2D eigenvalue weighted by Crippen LogP contribution is -2.53. The van der Waals surface area contributed by atoms with Crippen LogP contribution in [0.25, 0.3) is 0 Å². The molecule has 0 aliphatic rings. The molecule has 13 N–H and O–H groups in total. The number of aromatic hydroxyl groups is 3. The zero-order valence-corrected chi connectivity index (χ0v) is 38.8. The minimum atomic E-state index is -1.23. The molecule has 0 unspecified atom stereocenters. The topological polar surface area (TPSA) is 376 Å². The molecule has 0 aliphatic heterocycles. The lowest BCUT2D eigenvalue weighted by molar-refractivity contribution is -0.413. The molecular weight excluding hydrogens is 939 g/mol. The predicted octanol–water partition coefficient (Wildman–Crippen LogP) is 2.30. The Morgan fingerprint density at radius 3 is 0.944 bits per heavy atom. The van der Waals surface area contributed by atoms with E-state index >= 15 is 0 Å². The molecule has 0 aromatic heterocycles. The summed E-state index contributed by atoms with van der Waals surface area (Å²) in [6.07, 6.45) is -0.254. The number of quaternary nitrogens is 2. The molecule has 6 aromatic rings. The molecule has 0 radical (unpaired) electrons. The first-order chi connectivity index (χ1) is 34.4. The van der Waals surface area contributed by atoms with E-state index in [0.717, 1.165) is 0 Å². The van der Waals surface area contributed by atoms with Crippen molar-refractivity contribution >= 4 is 41.2 Å². The molecular formula is C52H55N3O17. The van der Waals surface area contributed by atoms with Crippen molar-refractivity contribution in [2.45, 2.75) is 38.5 Å². The highest BCUT2D eigenvalue weighted by Crippen LogP contribution is 2.28. The van der Waals surface area contributed by atoms with Crippen molar-refractivity contribution in [2.75, 3.05) is 20.2 Å². The summed E-state index contributed by atoms with van der Waals surface area (Å²) in [5.74, 6) is -3.88. The fraction of sp³-hybridized carbons (Fsp3) is 0.173. The number of carbonyl (C=O) groups excluding carboxylic acids is 5. The van der Waals surface area contributed by atoms with Gasteiger partial charge in [-0.1, -0.05) is 91.0 Å². The first-order valence-electron chi connectivity index (χ1n) is 21.7. The first-order valence-corrected chi connectivity index (χ1v) is 21.7. The summed E-state index contributed by atoms with van der Waals surface area (Å²) in [5, 5.41) is 64.8. The number of hydrogen-bond donors (Lipinski definition) is 8. The third-order valence-corrected chi connectivity index (χ3v) is 9.08. The van der Waals surface area contributed by atoms with E-state index in [1.807, 2.05) is 18.2 Å². The van der Waals surface area contributed by atoms with Gasteiger partial charge in [-0.15, -0.1) is 0 Å². The number of ether oxygens (including phenoxy) is 3. The van der Waals surface area contributed by atoms with Gasteiger partial charge in [-0.2, -0.15) is 0 Å². The van der Waals surface area contributed by atoms with E-state index in [-0.39, 0.29) is 110 Å². The maximum Gasteiger partial charge on any atom is 0.303 e. The molecule has 0 bridgehead atoms. The smallest absolute Gasteiger partial charge is 0.303 e. The quantitative estimate of drug-likeness (QED) is 0.0402. The van der Waals surface area contributed by atoms with Crippen LogP contribution in [0.15, 0.2) is 146 Å². The predicted molar refractivity (Wildman–Crippen MR) is 253 cm³/mol. The Morgan fingerprint density at radius 2 is 0.708 bits per heavy atom. The molecule has 0 heterocycles. The van der Waals surface area contributed by atoms with Crippen molar-refractivity contribution in [3.63, 3.8) is 0 Å². The number of nitrogens with two attached hydrogens (primary N) is 1. The Morgan fingerprint density at radius 1 is 0.431 bits per heavy atom. The number of hydrogen-bond acceptors (Lipinski definition) is 16. The van der Waals surface area contributed by atoms with E-state index in [4.69, 9.17) is 30.2 Å². The van der Waals surface area contributed by atoms with Crippen LogP contribution < -0.4 is 41.6 Å². The van der Waals surface area contributed by atoms with Gasteiger partial charge < -0.3 is 71.0 Å². The van der Waals surface area contributed by atoms with Crippen LogP contribution in [0.4, 0.5) is 0 Å². The van der Waals surface area contributed by atoms with Gasteiger partial charge in [-0.05, 0) is 62.1 Å². The minimum absolute atomic E-state index is 0.0193. The molecule has 0 saturated carbocycles.